The molecule has 0 saturated heterocycles. The lowest BCUT2D eigenvalue weighted by Gasteiger charge is -2.02. The first-order valence-corrected chi connectivity index (χ1v) is 5.32. The second-order valence-electron chi connectivity index (χ2n) is 2.75. The number of aliphatic hydroxyl groups excluding tert-OH is 1. The molecule has 72 valence electrons. The Bertz CT molecular complexity index is 235. The van der Waals surface area contributed by atoms with Crippen LogP contribution in [0.15, 0.2) is 29.2 Å². The van der Waals surface area contributed by atoms with E-state index in [9.17, 15) is 0 Å². The zero-order valence-electron chi connectivity index (χ0n) is 7.79. The van der Waals surface area contributed by atoms with Crippen LogP contribution in [0.5, 0.6) is 0 Å². The predicted octanol–water partition coefficient (Wildman–Crippen LogP) is 1.49. The minimum absolute atomic E-state index is 0.239. The third-order valence-electron chi connectivity index (χ3n) is 1.66. The summed E-state index contributed by atoms with van der Waals surface area (Å²) < 4.78 is 0. The van der Waals surface area contributed by atoms with Gasteiger partial charge in [-0.2, -0.15) is 0 Å². The summed E-state index contributed by atoms with van der Waals surface area (Å²) in [6.07, 6.45) is 0. The van der Waals surface area contributed by atoms with Gasteiger partial charge in [-0.15, -0.1) is 11.8 Å². The summed E-state index contributed by atoms with van der Waals surface area (Å²) in [5.74, 6) is 0.769. The van der Waals surface area contributed by atoms with E-state index in [-0.39, 0.29) is 6.61 Å². The highest BCUT2D eigenvalue weighted by Gasteiger charge is 1.93. The maximum atomic E-state index is 8.64. The second-order valence-corrected chi connectivity index (χ2v) is 3.91. The molecule has 1 rings (SSSR count). The first-order valence-electron chi connectivity index (χ1n) is 4.34. The molecule has 0 aliphatic carbocycles. The molecule has 0 unspecified atom stereocenters. The highest BCUT2D eigenvalue weighted by molar-refractivity contribution is 7.99. The molecule has 0 aliphatic heterocycles. The molecule has 3 heteroatoms. The Kier molecular flexibility index (Phi) is 4.90. The number of hydrogen-bond acceptors (Lipinski definition) is 3. The summed E-state index contributed by atoms with van der Waals surface area (Å²) in [6.45, 7) is 1.15. The molecule has 0 spiro atoms. The van der Waals surface area contributed by atoms with Gasteiger partial charge in [-0.3, -0.25) is 0 Å². The largest absolute Gasteiger partial charge is 0.396 e. The molecule has 13 heavy (non-hydrogen) atoms. The van der Waals surface area contributed by atoms with Gasteiger partial charge < -0.3 is 10.4 Å². The summed E-state index contributed by atoms with van der Waals surface area (Å²) in [5.41, 5.74) is 1.29. The molecular weight excluding hydrogens is 182 g/mol. The van der Waals surface area contributed by atoms with Crippen molar-refractivity contribution < 1.29 is 5.11 Å². The van der Waals surface area contributed by atoms with Crippen molar-refractivity contribution in [3.8, 4) is 0 Å². The number of nitrogens with one attached hydrogen (secondary N) is 1. The zero-order valence-corrected chi connectivity index (χ0v) is 8.60. The van der Waals surface area contributed by atoms with Crippen LogP contribution in [-0.4, -0.2) is 24.5 Å². The van der Waals surface area contributed by atoms with Gasteiger partial charge in [0.1, 0.15) is 0 Å². The Hall–Kier alpha value is -0.510. The van der Waals surface area contributed by atoms with Crippen LogP contribution >= 0.6 is 11.8 Å². The molecule has 0 saturated carbocycles. The van der Waals surface area contributed by atoms with Crippen LogP contribution in [-0.2, 0) is 6.54 Å². The Morgan fingerprint density at radius 3 is 2.54 bits per heavy atom. The van der Waals surface area contributed by atoms with E-state index >= 15 is 0 Å². The molecule has 2 N–H and O–H groups in total. The average molecular weight is 197 g/mol. The first-order chi connectivity index (χ1) is 6.36. The molecule has 0 heterocycles. The van der Waals surface area contributed by atoms with Crippen LogP contribution in [0, 0.1) is 0 Å². The van der Waals surface area contributed by atoms with Gasteiger partial charge in [0.15, 0.2) is 0 Å². The normalized spacial score (nSPS) is 10.3. The summed E-state index contributed by atoms with van der Waals surface area (Å²) >= 11 is 1.68. The SMILES string of the molecule is CNCc1ccc(SCCO)cc1. The summed E-state index contributed by atoms with van der Waals surface area (Å²) in [4.78, 5) is 1.22. The molecule has 0 amide bonds. The van der Waals surface area contributed by atoms with Gasteiger partial charge in [0.05, 0.1) is 6.61 Å². The Labute approximate surface area is 83.4 Å². The van der Waals surface area contributed by atoms with E-state index in [1.165, 1.54) is 10.5 Å². The fourth-order valence-corrected chi connectivity index (χ4v) is 1.73. The smallest absolute Gasteiger partial charge is 0.0525 e. The second kappa shape index (κ2) is 6.02. The highest BCUT2D eigenvalue weighted by atomic mass is 32.2. The maximum absolute atomic E-state index is 8.64. The Morgan fingerprint density at radius 1 is 1.31 bits per heavy atom. The zero-order chi connectivity index (χ0) is 9.52. The van der Waals surface area contributed by atoms with Crippen LogP contribution in [0.2, 0.25) is 0 Å². The molecule has 0 fully saturated rings. The van der Waals surface area contributed by atoms with Crippen molar-refractivity contribution in [3.05, 3.63) is 29.8 Å². The maximum Gasteiger partial charge on any atom is 0.0525 e. The molecule has 0 atom stereocenters. The summed E-state index contributed by atoms with van der Waals surface area (Å²) in [7, 11) is 1.94. The van der Waals surface area contributed by atoms with Crippen molar-refractivity contribution >= 4 is 11.8 Å². The average Bonchev–Trinajstić information content (AvgIpc) is 2.17. The van der Waals surface area contributed by atoms with E-state index in [0.29, 0.717) is 0 Å². The number of benzene rings is 1. The number of rotatable bonds is 5. The van der Waals surface area contributed by atoms with Crippen molar-refractivity contribution in [3.63, 3.8) is 0 Å². The molecule has 0 radical (unpaired) electrons. The van der Waals surface area contributed by atoms with Crippen molar-refractivity contribution in [1.29, 1.82) is 0 Å². The minimum Gasteiger partial charge on any atom is -0.396 e. The topological polar surface area (TPSA) is 32.3 Å². The van der Waals surface area contributed by atoms with Gasteiger partial charge in [0, 0.05) is 17.2 Å². The van der Waals surface area contributed by atoms with Crippen molar-refractivity contribution in [2.75, 3.05) is 19.4 Å². The van der Waals surface area contributed by atoms with Crippen LogP contribution in [0.3, 0.4) is 0 Å². The van der Waals surface area contributed by atoms with Gasteiger partial charge in [0.25, 0.3) is 0 Å². The summed E-state index contributed by atoms with van der Waals surface area (Å²) in [6, 6.07) is 8.40. The van der Waals surface area contributed by atoms with Crippen LogP contribution < -0.4 is 5.32 Å². The number of thioether (sulfide) groups is 1. The Balaban J connectivity index is 2.48. The van der Waals surface area contributed by atoms with E-state index in [0.717, 1.165) is 12.3 Å². The molecule has 0 aromatic heterocycles. The predicted molar refractivity (Wildman–Crippen MR) is 57.0 cm³/mol. The monoisotopic (exact) mass is 197 g/mol. The molecule has 1 aromatic rings. The molecule has 0 aliphatic rings. The van der Waals surface area contributed by atoms with E-state index in [1.54, 1.807) is 11.8 Å². The number of aliphatic hydroxyl groups is 1. The van der Waals surface area contributed by atoms with Crippen molar-refractivity contribution in [2.24, 2.45) is 0 Å². The van der Waals surface area contributed by atoms with Crippen LogP contribution in [0.25, 0.3) is 0 Å². The minimum atomic E-state index is 0.239. The standard InChI is InChI=1S/C10H15NOS/c1-11-8-9-2-4-10(5-3-9)13-7-6-12/h2-5,11-12H,6-8H2,1H3. The first kappa shape index (κ1) is 10.6. The van der Waals surface area contributed by atoms with Crippen molar-refractivity contribution in [2.45, 2.75) is 11.4 Å². The van der Waals surface area contributed by atoms with Gasteiger partial charge in [-0.1, -0.05) is 12.1 Å². The third-order valence-corrected chi connectivity index (χ3v) is 2.66. The lowest BCUT2D eigenvalue weighted by molar-refractivity contribution is 0.322. The number of hydrogen-bond donors (Lipinski definition) is 2. The van der Waals surface area contributed by atoms with Crippen LogP contribution in [0.1, 0.15) is 5.56 Å². The van der Waals surface area contributed by atoms with Gasteiger partial charge in [0.2, 0.25) is 0 Å². The van der Waals surface area contributed by atoms with Gasteiger partial charge in [-0.05, 0) is 24.7 Å². The third kappa shape index (κ3) is 3.81. The van der Waals surface area contributed by atoms with Gasteiger partial charge in [-0.25, -0.2) is 0 Å². The molecule has 1 aromatic carbocycles. The lowest BCUT2D eigenvalue weighted by Crippen LogP contribution is -2.04. The quantitative estimate of drug-likeness (QED) is 0.701. The molecule has 2 nitrogen and oxygen atoms in total. The molecule has 0 bridgehead atoms. The fraction of sp³-hybridized carbons (Fsp3) is 0.400. The lowest BCUT2D eigenvalue weighted by atomic mass is 10.2. The van der Waals surface area contributed by atoms with E-state index in [1.807, 2.05) is 7.05 Å². The van der Waals surface area contributed by atoms with E-state index < -0.39 is 0 Å². The molecular formula is C10H15NOS. The highest BCUT2D eigenvalue weighted by Crippen LogP contribution is 2.17. The van der Waals surface area contributed by atoms with Crippen LogP contribution in [0.4, 0.5) is 0 Å². The van der Waals surface area contributed by atoms with Gasteiger partial charge >= 0.3 is 0 Å². The van der Waals surface area contributed by atoms with E-state index in [2.05, 4.69) is 29.6 Å². The van der Waals surface area contributed by atoms with E-state index in [4.69, 9.17) is 5.11 Å². The fourth-order valence-electron chi connectivity index (χ4n) is 1.07. The summed E-state index contributed by atoms with van der Waals surface area (Å²) in [5, 5.41) is 11.7. The van der Waals surface area contributed by atoms with Crippen molar-refractivity contribution in [1.82, 2.24) is 5.32 Å². The Morgan fingerprint density at radius 2 is 2.00 bits per heavy atom.